The van der Waals surface area contributed by atoms with Gasteiger partial charge in [-0.3, -0.25) is 0 Å². The van der Waals surface area contributed by atoms with Crippen LogP contribution in [-0.4, -0.2) is 21.1 Å². The lowest BCUT2D eigenvalue weighted by Gasteiger charge is -2.15. The molecule has 1 atom stereocenters. The van der Waals surface area contributed by atoms with Crippen LogP contribution in [0.4, 0.5) is 0 Å². The average molecular weight is 274 g/mol. The molecule has 0 bridgehead atoms. The fourth-order valence-electron chi connectivity index (χ4n) is 2.12. The lowest BCUT2D eigenvalue weighted by atomic mass is 10.0. The first-order valence-corrected chi connectivity index (χ1v) is 7.02. The van der Waals surface area contributed by atoms with Gasteiger partial charge < -0.3 is 10.5 Å². The summed E-state index contributed by atoms with van der Waals surface area (Å²) in [5.74, 6) is 0.836. The molecule has 1 aromatic carbocycles. The number of hydrogen-bond acceptors (Lipinski definition) is 4. The van der Waals surface area contributed by atoms with Crippen LogP contribution in [0.15, 0.2) is 30.5 Å². The van der Waals surface area contributed by atoms with Gasteiger partial charge in [-0.15, -0.1) is 5.10 Å². The lowest BCUT2D eigenvalue weighted by Crippen LogP contribution is -2.18. The molecule has 0 radical (unpaired) electrons. The largest absolute Gasteiger partial charge is 0.491 e. The smallest absolute Gasteiger partial charge is 0.120 e. The Balaban J connectivity index is 2.23. The Morgan fingerprint density at radius 1 is 1.35 bits per heavy atom. The maximum atomic E-state index is 6.34. The van der Waals surface area contributed by atoms with Crippen molar-refractivity contribution in [2.24, 2.45) is 5.73 Å². The highest BCUT2D eigenvalue weighted by Gasteiger charge is 2.15. The van der Waals surface area contributed by atoms with Crippen LogP contribution in [0.1, 0.15) is 44.5 Å². The fourth-order valence-corrected chi connectivity index (χ4v) is 2.12. The molecule has 20 heavy (non-hydrogen) atoms. The SMILES string of the molecule is CCCn1nncc1C(N)c1cccc(OC(C)C)c1. The Bertz CT molecular complexity index is 550. The van der Waals surface area contributed by atoms with Crippen LogP contribution in [0.2, 0.25) is 0 Å². The first-order chi connectivity index (χ1) is 9.61. The van der Waals surface area contributed by atoms with Crippen molar-refractivity contribution in [3.63, 3.8) is 0 Å². The van der Waals surface area contributed by atoms with E-state index >= 15 is 0 Å². The normalized spacial score (nSPS) is 12.7. The maximum absolute atomic E-state index is 6.34. The van der Waals surface area contributed by atoms with Crippen molar-refractivity contribution in [3.05, 3.63) is 41.7 Å². The summed E-state index contributed by atoms with van der Waals surface area (Å²) < 4.78 is 7.57. The standard InChI is InChI=1S/C15H22N4O/c1-4-8-19-14(10-17-18-19)15(16)12-6-5-7-13(9-12)20-11(2)3/h5-7,9-11,15H,4,8,16H2,1-3H3. The third kappa shape index (κ3) is 3.36. The van der Waals surface area contributed by atoms with E-state index in [-0.39, 0.29) is 12.1 Å². The van der Waals surface area contributed by atoms with Crippen molar-refractivity contribution < 1.29 is 4.74 Å². The van der Waals surface area contributed by atoms with Crippen molar-refractivity contribution >= 4 is 0 Å². The summed E-state index contributed by atoms with van der Waals surface area (Å²) in [4.78, 5) is 0. The molecular formula is C15H22N4O. The van der Waals surface area contributed by atoms with E-state index in [4.69, 9.17) is 10.5 Å². The van der Waals surface area contributed by atoms with Crippen LogP contribution in [0.5, 0.6) is 5.75 Å². The molecule has 1 unspecified atom stereocenters. The molecule has 5 heteroatoms. The van der Waals surface area contributed by atoms with E-state index in [0.717, 1.165) is 30.0 Å². The van der Waals surface area contributed by atoms with Gasteiger partial charge in [0.1, 0.15) is 5.75 Å². The number of hydrogen-bond donors (Lipinski definition) is 1. The number of aromatic nitrogens is 3. The predicted octanol–water partition coefficient (Wildman–Crippen LogP) is 2.52. The van der Waals surface area contributed by atoms with Gasteiger partial charge in [0.05, 0.1) is 24.0 Å². The Morgan fingerprint density at radius 2 is 2.15 bits per heavy atom. The molecule has 0 amide bonds. The van der Waals surface area contributed by atoms with Crippen molar-refractivity contribution in [1.29, 1.82) is 0 Å². The highest BCUT2D eigenvalue weighted by Crippen LogP contribution is 2.23. The zero-order valence-corrected chi connectivity index (χ0v) is 12.3. The van der Waals surface area contributed by atoms with Gasteiger partial charge in [0.2, 0.25) is 0 Å². The van der Waals surface area contributed by atoms with Gasteiger partial charge in [0.15, 0.2) is 0 Å². The summed E-state index contributed by atoms with van der Waals surface area (Å²) in [6.45, 7) is 6.94. The molecule has 1 aromatic heterocycles. The summed E-state index contributed by atoms with van der Waals surface area (Å²) in [5, 5.41) is 8.04. The Kier molecular flexibility index (Phi) is 4.74. The highest BCUT2D eigenvalue weighted by molar-refractivity contribution is 5.34. The number of aryl methyl sites for hydroxylation is 1. The third-order valence-corrected chi connectivity index (χ3v) is 2.99. The molecule has 2 aromatic rings. The summed E-state index contributed by atoms with van der Waals surface area (Å²) in [7, 11) is 0. The van der Waals surface area contributed by atoms with Gasteiger partial charge in [0, 0.05) is 6.54 Å². The van der Waals surface area contributed by atoms with E-state index in [2.05, 4.69) is 17.2 Å². The Morgan fingerprint density at radius 3 is 2.85 bits per heavy atom. The number of nitrogens with zero attached hydrogens (tertiary/aromatic N) is 3. The number of nitrogens with two attached hydrogens (primary N) is 1. The van der Waals surface area contributed by atoms with Crippen molar-refractivity contribution in [2.75, 3.05) is 0 Å². The minimum Gasteiger partial charge on any atom is -0.491 e. The first-order valence-electron chi connectivity index (χ1n) is 7.02. The molecule has 108 valence electrons. The van der Waals surface area contributed by atoms with Crippen LogP contribution < -0.4 is 10.5 Å². The van der Waals surface area contributed by atoms with E-state index in [0.29, 0.717) is 0 Å². The molecule has 0 aliphatic carbocycles. The van der Waals surface area contributed by atoms with E-state index in [1.807, 2.05) is 42.8 Å². The van der Waals surface area contributed by atoms with Gasteiger partial charge in [-0.05, 0) is 38.0 Å². The van der Waals surface area contributed by atoms with Gasteiger partial charge in [0.25, 0.3) is 0 Å². The zero-order chi connectivity index (χ0) is 14.5. The maximum Gasteiger partial charge on any atom is 0.120 e. The van der Waals surface area contributed by atoms with Gasteiger partial charge >= 0.3 is 0 Å². The molecule has 0 spiro atoms. The molecular weight excluding hydrogens is 252 g/mol. The highest BCUT2D eigenvalue weighted by atomic mass is 16.5. The second-order valence-electron chi connectivity index (χ2n) is 5.10. The van der Waals surface area contributed by atoms with Crippen LogP contribution in [0.25, 0.3) is 0 Å². The molecule has 5 nitrogen and oxygen atoms in total. The Labute approximate surface area is 119 Å². The zero-order valence-electron chi connectivity index (χ0n) is 12.3. The van der Waals surface area contributed by atoms with Crippen LogP contribution >= 0.6 is 0 Å². The minimum atomic E-state index is -0.243. The molecule has 0 fully saturated rings. The average Bonchev–Trinajstić information content (AvgIpc) is 2.86. The third-order valence-electron chi connectivity index (χ3n) is 2.99. The first kappa shape index (κ1) is 14.5. The summed E-state index contributed by atoms with van der Waals surface area (Å²) >= 11 is 0. The van der Waals surface area contributed by atoms with Gasteiger partial charge in [-0.2, -0.15) is 0 Å². The summed E-state index contributed by atoms with van der Waals surface area (Å²) in [5.41, 5.74) is 8.26. The molecule has 0 saturated carbocycles. The number of ether oxygens (including phenoxy) is 1. The summed E-state index contributed by atoms with van der Waals surface area (Å²) in [6, 6.07) is 7.64. The molecule has 1 heterocycles. The topological polar surface area (TPSA) is 66.0 Å². The van der Waals surface area contributed by atoms with Crippen molar-refractivity contribution in [1.82, 2.24) is 15.0 Å². The number of rotatable bonds is 6. The lowest BCUT2D eigenvalue weighted by molar-refractivity contribution is 0.242. The predicted molar refractivity (Wildman–Crippen MR) is 78.5 cm³/mol. The molecule has 2 N–H and O–H groups in total. The van der Waals surface area contributed by atoms with Crippen LogP contribution in [-0.2, 0) is 6.54 Å². The van der Waals surface area contributed by atoms with E-state index in [9.17, 15) is 0 Å². The quantitative estimate of drug-likeness (QED) is 0.879. The van der Waals surface area contributed by atoms with E-state index in [1.54, 1.807) is 6.20 Å². The number of benzene rings is 1. The Hall–Kier alpha value is -1.88. The van der Waals surface area contributed by atoms with E-state index in [1.165, 1.54) is 0 Å². The monoisotopic (exact) mass is 274 g/mol. The minimum absolute atomic E-state index is 0.147. The fraction of sp³-hybridized carbons (Fsp3) is 0.467. The second-order valence-corrected chi connectivity index (χ2v) is 5.10. The molecule has 0 aliphatic heterocycles. The van der Waals surface area contributed by atoms with Gasteiger partial charge in [-0.25, -0.2) is 4.68 Å². The molecule has 0 aliphatic rings. The van der Waals surface area contributed by atoms with Crippen molar-refractivity contribution in [3.8, 4) is 5.75 Å². The van der Waals surface area contributed by atoms with Crippen LogP contribution in [0.3, 0.4) is 0 Å². The summed E-state index contributed by atoms with van der Waals surface area (Å²) in [6.07, 6.45) is 2.88. The van der Waals surface area contributed by atoms with E-state index < -0.39 is 0 Å². The second kappa shape index (κ2) is 6.52. The van der Waals surface area contributed by atoms with Crippen LogP contribution in [0, 0.1) is 0 Å². The molecule has 0 saturated heterocycles. The van der Waals surface area contributed by atoms with Crippen molar-refractivity contribution in [2.45, 2.75) is 45.9 Å². The van der Waals surface area contributed by atoms with Gasteiger partial charge in [-0.1, -0.05) is 24.3 Å². The molecule has 2 rings (SSSR count).